The Balaban J connectivity index is 1.20. The van der Waals surface area contributed by atoms with Crippen molar-refractivity contribution >= 4 is 5.91 Å². The van der Waals surface area contributed by atoms with E-state index in [4.69, 9.17) is 28.4 Å². The molecule has 1 N–H and O–H groups in total. The van der Waals surface area contributed by atoms with Gasteiger partial charge >= 0.3 is 0 Å². The summed E-state index contributed by atoms with van der Waals surface area (Å²) < 4.78 is 36.4. The molecule has 0 aromatic heterocycles. The average molecular weight is 626 g/mol. The predicted octanol–water partition coefficient (Wildman–Crippen LogP) is 5.87. The molecule has 1 fully saturated rings. The maximum absolute atomic E-state index is 13.6. The molecule has 1 aliphatic heterocycles. The number of hydrogen-bond acceptors (Lipinski definition) is 7. The van der Waals surface area contributed by atoms with Crippen molar-refractivity contribution in [3.63, 3.8) is 0 Å². The van der Waals surface area contributed by atoms with Crippen LogP contribution in [0.5, 0.6) is 5.75 Å². The number of ether oxygens (including phenoxy) is 6. The Labute approximate surface area is 271 Å². The second kappa shape index (κ2) is 18.2. The van der Waals surface area contributed by atoms with Crippen LogP contribution in [0.25, 0.3) is 0 Å². The molecule has 0 unspecified atom stereocenters. The van der Waals surface area contributed by atoms with E-state index >= 15 is 0 Å². The lowest BCUT2D eigenvalue weighted by atomic mass is 10.1. The van der Waals surface area contributed by atoms with E-state index in [-0.39, 0.29) is 12.5 Å². The van der Waals surface area contributed by atoms with Gasteiger partial charge in [0.25, 0.3) is 5.91 Å². The molecule has 1 saturated heterocycles. The number of rotatable bonds is 18. The summed E-state index contributed by atoms with van der Waals surface area (Å²) in [4.78, 5) is 13.6. The van der Waals surface area contributed by atoms with E-state index in [0.29, 0.717) is 46.0 Å². The fourth-order valence-corrected chi connectivity index (χ4v) is 5.26. The van der Waals surface area contributed by atoms with Gasteiger partial charge in [0.05, 0.1) is 40.1 Å². The quantitative estimate of drug-likeness (QED) is 0.138. The van der Waals surface area contributed by atoms with Crippen LogP contribution in [-0.2, 0) is 54.9 Å². The van der Waals surface area contributed by atoms with Gasteiger partial charge in [-0.3, -0.25) is 4.79 Å². The zero-order valence-corrected chi connectivity index (χ0v) is 26.3. The second-order valence-corrected chi connectivity index (χ2v) is 11.2. The van der Waals surface area contributed by atoms with Crippen molar-refractivity contribution in [1.29, 1.82) is 0 Å². The predicted molar refractivity (Wildman–Crippen MR) is 175 cm³/mol. The van der Waals surface area contributed by atoms with Crippen molar-refractivity contribution in [3.05, 3.63) is 138 Å². The van der Waals surface area contributed by atoms with Gasteiger partial charge in [-0.2, -0.15) is 0 Å². The lowest BCUT2D eigenvalue weighted by Crippen LogP contribution is -2.45. The summed E-state index contributed by atoms with van der Waals surface area (Å²) >= 11 is 0. The van der Waals surface area contributed by atoms with Crippen molar-refractivity contribution in [2.24, 2.45) is 0 Å². The van der Waals surface area contributed by atoms with Crippen LogP contribution in [0.15, 0.2) is 115 Å². The molecule has 4 atom stereocenters. The van der Waals surface area contributed by atoms with Gasteiger partial charge in [-0.05, 0) is 40.8 Å². The van der Waals surface area contributed by atoms with Gasteiger partial charge in [-0.25, -0.2) is 0 Å². The zero-order valence-electron chi connectivity index (χ0n) is 26.3. The van der Waals surface area contributed by atoms with Crippen molar-refractivity contribution < 1.29 is 33.2 Å². The van der Waals surface area contributed by atoms with Crippen molar-refractivity contribution in [1.82, 2.24) is 5.32 Å². The number of carbonyl (C=O) groups is 1. The van der Waals surface area contributed by atoms with Crippen LogP contribution in [-0.4, -0.2) is 57.2 Å². The summed E-state index contributed by atoms with van der Waals surface area (Å²) in [7, 11) is 1.64. The smallest absolute Gasteiger partial charge is 0.251 e. The molecule has 8 nitrogen and oxygen atoms in total. The SMILES string of the molecule is COc1ccc(COCCCNC(=O)[C@@H]2O[C@@H](COCc3ccccc3)[C@@H](OCc3ccccc3)[C@@H]2OCc2ccccc2)cc1. The molecular weight excluding hydrogens is 582 g/mol. The minimum Gasteiger partial charge on any atom is -0.497 e. The summed E-state index contributed by atoms with van der Waals surface area (Å²) in [6.07, 6.45) is -1.88. The van der Waals surface area contributed by atoms with Crippen molar-refractivity contribution in [2.45, 2.75) is 57.3 Å². The highest BCUT2D eigenvalue weighted by Crippen LogP contribution is 2.29. The summed E-state index contributed by atoms with van der Waals surface area (Å²) in [5.74, 6) is 0.566. The molecule has 0 spiro atoms. The minimum atomic E-state index is -0.866. The standard InChI is InChI=1S/C38H43NO7/c1-41-33-20-18-32(19-21-33)24-42-23-11-22-39-38(40)37-36(45-27-31-16-9-4-10-17-31)35(44-26-30-14-7-3-8-15-30)34(46-37)28-43-25-29-12-5-2-6-13-29/h2-10,12-21,34-37H,11,22-28H2,1H3,(H,39,40)/t34-,35+,36-,37+/m0/s1. The molecule has 8 heteroatoms. The van der Waals surface area contributed by atoms with Crippen LogP contribution in [0.3, 0.4) is 0 Å². The summed E-state index contributed by atoms with van der Waals surface area (Å²) in [6.45, 7) is 2.79. The summed E-state index contributed by atoms with van der Waals surface area (Å²) in [5.41, 5.74) is 4.14. The first kappa shape index (κ1) is 33.3. The molecule has 1 aliphatic rings. The monoisotopic (exact) mass is 625 g/mol. The molecule has 0 aliphatic carbocycles. The first-order chi connectivity index (χ1) is 22.7. The third-order valence-electron chi connectivity index (χ3n) is 7.73. The number of methoxy groups -OCH3 is 1. The molecule has 0 bridgehead atoms. The minimum absolute atomic E-state index is 0.243. The molecule has 0 saturated carbocycles. The Kier molecular flexibility index (Phi) is 13.2. The van der Waals surface area contributed by atoms with Crippen molar-refractivity contribution in [3.8, 4) is 5.75 Å². The highest BCUT2D eigenvalue weighted by molar-refractivity contribution is 5.82. The first-order valence-corrected chi connectivity index (χ1v) is 15.8. The molecule has 4 aromatic rings. The van der Waals surface area contributed by atoms with Gasteiger partial charge in [0.2, 0.25) is 0 Å². The summed E-state index contributed by atoms with van der Waals surface area (Å²) in [5, 5.41) is 3.03. The third kappa shape index (κ3) is 10.2. The normalized spacial score (nSPS) is 19.2. The van der Waals surface area contributed by atoms with Gasteiger partial charge in [-0.15, -0.1) is 0 Å². The van der Waals surface area contributed by atoms with E-state index in [1.54, 1.807) is 7.11 Å². The fourth-order valence-electron chi connectivity index (χ4n) is 5.26. The third-order valence-corrected chi connectivity index (χ3v) is 7.73. The van der Waals surface area contributed by atoms with E-state index in [0.717, 1.165) is 28.0 Å². The Hall–Kier alpha value is -4.05. The molecule has 1 amide bonds. The molecular formula is C38H43NO7. The first-order valence-electron chi connectivity index (χ1n) is 15.8. The number of amides is 1. The Morgan fingerprint density at radius 3 is 1.76 bits per heavy atom. The van der Waals surface area contributed by atoms with Gasteiger partial charge in [-0.1, -0.05) is 103 Å². The summed E-state index contributed by atoms with van der Waals surface area (Å²) in [6, 6.07) is 37.6. The maximum Gasteiger partial charge on any atom is 0.251 e. The number of benzene rings is 4. The van der Waals surface area contributed by atoms with Crippen LogP contribution in [0.2, 0.25) is 0 Å². The van der Waals surface area contributed by atoms with E-state index < -0.39 is 24.4 Å². The van der Waals surface area contributed by atoms with E-state index in [2.05, 4.69) is 5.32 Å². The number of hydrogen-bond donors (Lipinski definition) is 1. The lowest BCUT2D eigenvalue weighted by molar-refractivity contribution is -0.139. The number of nitrogens with one attached hydrogen (secondary N) is 1. The fraction of sp³-hybridized carbons (Fsp3) is 0.342. The lowest BCUT2D eigenvalue weighted by Gasteiger charge is -2.25. The van der Waals surface area contributed by atoms with Crippen LogP contribution in [0.1, 0.15) is 28.7 Å². The largest absolute Gasteiger partial charge is 0.497 e. The Bertz CT molecular complexity index is 1420. The van der Waals surface area contributed by atoms with Gasteiger partial charge in [0, 0.05) is 13.2 Å². The van der Waals surface area contributed by atoms with E-state index in [1.165, 1.54) is 0 Å². The highest BCUT2D eigenvalue weighted by Gasteiger charge is 2.49. The van der Waals surface area contributed by atoms with E-state index in [1.807, 2.05) is 115 Å². The maximum atomic E-state index is 13.6. The average Bonchev–Trinajstić information content (AvgIpc) is 3.46. The Morgan fingerprint density at radius 1 is 0.652 bits per heavy atom. The molecule has 4 aromatic carbocycles. The zero-order chi connectivity index (χ0) is 31.8. The van der Waals surface area contributed by atoms with Crippen molar-refractivity contribution in [2.75, 3.05) is 26.9 Å². The van der Waals surface area contributed by atoms with Gasteiger partial charge in [0.1, 0.15) is 24.1 Å². The topological polar surface area (TPSA) is 84.5 Å². The highest BCUT2D eigenvalue weighted by atomic mass is 16.6. The van der Waals surface area contributed by atoms with Crippen LogP contribution in [0.4, 0.5) is 0 Å². The molecule has 0 radical (unpaired) electrons. The molecule has 242 valence electrons. The second-order valence-electron chi connectivity index (χ2n) is 11.2. The van der Waals surface area contributed by atoms with Crippen LogP contribution >= 0.6 is 0 Å². The Morgan fingerprint density at radius 2 is 1.17 bits per heavy atom. The van der Waals surface area contributed by atoms with Crippen LogP contribution < -0.4 is 10.1 Å². The van der Waals surface area contributed by atoms with Crippen LogP contribution in [0, 0.1) is 0 Å². The van der Waals surface area contributed by atoms with Gasteiger partial charge in [0.15, 0.2) is 6.10 Å². The molecule has 1 heterocycles. The van der Waals surface area contributed by atoms with E-state index in [9.17, 15) is 4.79 Å². The molecule has 46 heavy (non-hydrogen) atoms. The number of carbonyl (C=O) groups excluding carboxylic acids is 1. The molecule has 5 rings (SSSR count). The van der Waals surface area contributed by atoms with Gasteiger partial charge < -0.3 is 33.7 Å².